The van der Waals surface area contributed by atoms with Gasteiger partial charge in [-0.05, 0) is 18.9 Å². The summed E-state index contributed by atoms with van der Waals surface area (Å²) in [5.41, 5.74) is 3.04. The second-order valence-corrected chi connectivity index (χ2v) is 4.19. The molecular formula is C14H15NO4. The lowest BCUT2D eigenvalue weighted by atomic mass is 10.1. The van der Waals surface area contributed by atoms with Crippen LogP contribution < -0.4 is 0 Å². The molecule has 2 aromatic rings. The largest absolute Gasteiger partial charge is 0.483 e. The van der Waals surface area contributed by atoms with E-state index in [-0.39, 0.29) is 12.4 Å². The minimum absolute atomic E-state index is 0.216. The fraction of sp³-hybridized carbons (Fsp3) is 0.286. The van der Waals surface area contributed by atoms with Crippen LogP contribution in [0.4, 0.5) is 0 Å². The second-order valence-electron chi connectivity index (χ2n) is 4.19. The fourth-order valence-electron chi connectivity index (χ4n) is 2.61. The summed E-state index contributed by atoms with van der Waals surface area (Å²) in [6.45, 7) is 0.757. The highest BCUT2D eigenvalue weighted by atomic mass is 16.5. The van der Waals surface area contributed by atoms with Crippen molar-refractivity contribution in [3.8, 4) is 0 Å². The molecule has 0 aliphatic carbocycles. The first kappa shape index (κ1) is 13.1. The van der Waals surface area contributed by atoms with Crippen molar-refractivity contribution in [3.63, 3.8) is 0 Å². The van der Waals surface area contributed by atoms with Gasteiger partial charge >= 0.3 is 5.97 Å². The monoisotopic (exact) mass is 261 g/mol. The number of carboxylic acid groups (broad SMARTS) is 1. The van der Waals surface area contributed by atoms with Gasteiger partial charge in [0.2, 0.25) is 0 Å². The number of para-hydroxylation sites is 1. The number of esters is 1. The third-order valence-corrected chi connectivity index (χ3v) is 3.26. The number of methoxy groups -OCH3 is 1. The molecule has 3 rings (SSSR count). The van der Waals surface area contributed by atoms with E-state index in [1.165, 1.54) is 7.11 Å². The number of benzene rings is 1. The predicted molar refractivity (Wildman–Crippen MR) is 70.3 cm³/mol. The summed E-state index contributed by atoms with van der Waals surface area (Å²) in [4.78, 5) is 20.2. The van der Waals surface area contributed by atoms with E-state index >= 15 is 0 Å². The van der Waals surface area contributed by atoms with Crippen molar-refractivity contribution in [2.75, 3.05) is 7.11 Å². The molecule has 5 heteroatoms. The van der Waals surface area contributed by atoms with Crippen LogP contribution in [0.15, 0.2) is 24.3 Å². The predicted octanol–water partition coefficient (Wildman–Crippen LogP) is 2.07. The highest BCUT2D eigenvalue weighted by Gasteiger charge is 2.25. The minimum Gasteiger partial charge on any atom is -0.483 e. The van der Waals surface area contributed by atoms with Gasteiger partial charge in [-0.25, -0.2) is 4.79 Å². The van der Waals surface area contributed by atoms with E-state index < -0.39 is 0 Å². The highest BCUT2D eigenvalue weighted by molar-refractivity contribution is 6.06. The lowest BCUT2D eigenvalue weighted by Gasteiger charge is -1.99. The van der Waals surface area contributed by atoms with Crippen LogP contribution in [0.5, 0.6) is 0 Å². The van der Waals surface area contributed by atoms with E-state index in [1.54, 1.807) is 0 Å². The number of nitrogens with zero attached hydrogens (tertiary/aromatic N) is 1. The standard InChI is InChI=1S/C13H13NO2.CH2O2/c1-16-13(15)12-9-5-2-3-6-10(9)14-8-4-7-11(12)14;2-1-3/h2-3,5-6H,4,7-8H2,1H3;1H,(H,2,3). The van der Waals surface area contributed by atoms with Gasteiger partial charge in [0.25, 0.3) is 6.47 Å². The Labute approximate surface area is 110 Å². The lowest BCUT2D eigenvalue weighted by molar-refractivity contribution is -0.122. The number of aromatic nitrogens is 1. The molecule has 100 valence electrons. The molecule has 2 heterocycles. The Balaban J connectivity index is 0.000000408. The Morgan fingerprint density at radius 1 is 1.42 bits per heavy atom. The summed E-state index contributed by atoms with van der Waals surface area (Å²) in [5.74, 6) is -0.216. The van der Waals surface area contributed by atoms with Gasteiger partial charge in [-0.3, -0.25) is 4.79 Å². The van der Waals surface area contributed by atoms with Crippen molar-refractivity contribution in [2.24, 2.45) is 0 Å². The van der Waals surface area contributed by atoms with E-state index in [1.807, 2.05) is 18.2 Å². The molecule has 0 radical (unpaired) electrons. The maximum Gasteiger partial charge on any atom is 0.340 e. The van der Waals surface area contributed by atoms with Crippen molar-refractivity contribution in [3.05, 3.63) is 35.5 Å². The van der Waals surface area contributed by atoms with Gasteiger partial charge in [-0.1, -0.05) is 18.2 Å². The lowest BCUT2D eigenvalue weighted by Crippen LogP contribution is -2.03. The molecule has 1 aromatic heterocycles. The molecule has 1 aromatic carbocycles. The normalized spacial score (nSPS) is 12.5. The number of hydrogen-bond acceptors (Lipinski definition) is 3. The van der Waals surface area contributed by atoms with Gasteiger partial charge in [0.15, 0.2) is 0 Å². The van der Waals surface area contributed by atoms with Crippen LogP contribution in [0.25, 0.3) is 10.9 Å². The van der Waals surface area contributed by atoms with Crippen LogP contribution >= 0.6 is 0 Å². The Morgan fingerprint density at radius 3 is 2.79 bits per heavy atom. The van der Waals surface area contributed by atoms with E-state index in [0.717, 1.165) is 41.5 Å². The SMILES string of the molecule is COC(=O)c1c2n(c3ccccc13)CCC2.O=CO. The molecule has 0 bridgehead atoms. The topological polar surface area (TPSA) is 68.5 Å². The molecule has 1 N–H and O–H groups in total. The quantitative estimate of drug-likeness (QED) is 0.630. The molecule has 0 atom stereocenters. The third-order valence-electron chi connectivity index (χ3n) is 3.26. The maximum atomic E-state index is 11.8. The summed E-state index contributed by atoms with van der Waals surface area (Å²) in [6, 6.07) is 8.03. The first-order valence-corrected chi connectivity index (χ1v) is 6.00. The smallest absolute Gasteiger partial charge is 0.340 e. The third kappa shape index (κ3) is 2.19. The first-order valence-electron chi connectivity index (χ1n) is 6.00. The zero-order chi connectivity index (χ0) is 13.8. The number of hydrogen-bond donors (Lipinski definition) is 1. The van der Waals surface area contributed by atoms with Gasteiger partial charge in [-0.15, -0.1) is 0 Å². The number of rotatable bonds is 1. The molecular weight excluding hydrogens is 246 g/mol. The number of carbonyl (C=O) groups excluding carboxylic acids is 1. The molecule has 5 nitrogen and oxygen atoms in total. The van der Waals surface area contributed by atoms with Crippen LogP contribution in [0.3, 0.4) is 0 Å². The Kier molecular flexibility index (Phi) is 3.85. The van der Waals surface area contributed by atoms with E-state index in [4.69, 9.17) is 14.6 Å². The zero-order valence-electron chi connectivity index (χ0n) is 10.6. The van der Waals surface area contributed by atoms with E-state index in [0.29, 0.717) is 0 Å². The van der Waals surface area contributed by atoms with Crippen molar-refractivity contribution in [2.45, 2.75) is 19.4 Å². The number of aryl methyl sites for hydroxylation is 1. The van der Waals surface area contributed by atoms with Crippen LogP contribution in [0.2, 0.25) is 0 Å². The minimum atomic E-state index is -0.250. The molecule has 1 aliphatic heterocycles. The average molecular weight is 261 g/mol. The molecule has 0 amide bonds. The van der Waals surface area contributed by atoms with Gasteiger partial charge in [0, 0.05) is 23.1 Å². The first-order chi connectivity index (χ1) is 9.24. The van der Waals surface area contributed by atoms with E-state index in [2.05, 4.69) is 10.6 Å². The highest BCUT2D eigenvalue weighted by Crippen LogP contribution is 2.31. The molecule has 1 aliphatic rings. The summed E-state index contributed by atoms with van der Waals surface area (Å²) >= 11 is 0. The molecule has 0 unspecified atom stereocenters. The number of carbonyl (C=O) groups is 2. The van der Waals surface area contributed by atoms with Gasteiger partial charge in [0.1, 0.15) is 0 Å². The zero-order valence-corrected chi connectivity index (χ0v) is 10.6. The Bertz CT molecular complexity index is 615. The summed E-state index contributed by atoms with van der Waals surface area (Å²) < 4.78 is 7.11. The van der Waals surface area contributed by atoms with Crippen molar-refractivity contribution >= 4 is 23.3 Å². The van der Waals surface area contributed by atoms with Crippen molar-refractivity contribution in [1.29, 1.82) is 0 Å². The Morgan fingerprint density at radius 2 is 2.11 bits per heavy atom. The Hall–Kier alpha value is -2.30. The van der Waals surface area contributed by atoms with E-state index in [9.17, 15) is 4.79 Å². The van der Waals surface area contributed by atoms with Crippen LogP contribution in [-0.4, -0.2) is 29.2 Å². The van der Waals surface area contributed by atoms with Crippen LogP contribution in [0.1, 0.15) is 22.5 Å². The molecule has 19 heavy (non-hydrogen) atoms. The van der Waals surface area contributed by atoms with Crippen LogP contribution in [0, 0.1) is 0 Å². The molecule has 0 saturated carbocycles. The number of ether oxygens (including phenoxy) is 1. The second kappa shape index (κ2) is 5.56. The number of fused-ring (bicyclic) bond motifs is 3. The molecule has 0 saturated heterocycles. The summed E-state index contributed by atoms with van der Waals surface area (Å²) in [5, 5.41) is 7.91. The molecule has 0 spiro atoms. The van der Waals surface area contributed by atoms with Crippen LogP contribution in [-0.2, 0) is 22.5 Å². The summed E-state index contributed by atoms with van der Waals surface area (Å²) in [6.07, 6.45) is 2.09. The van der Waals surface area contributed by atoms with Gasteiger partial charge < -0.3 is 14.4 Å². The van der Waals surface area contributed by atoms with Crippen molar-refractivity contribution < 1.29 is 19.4 Å². The average Bonchev–Trinajstić information content (AvgIpc) is 2.99. The van der Waals surface area contributed by atoms with Gasteiger partial charge in [0.05, 0.1) is 12.7 Å². The summed E-state index contributed by atoms with van der Waals surface area (Å²) in [7, 11) is 1.44. The molecule has 0 fully saturated rings. The maximum absolute atomic E-state index is 11.8. The van der Waals surface area contributed by atoms with Crippen molar-refractivity contribution in [1.82, 2.24) is 4.57 Å². The van der Waals surface area contributed by atoms with Gasteiger partial charge in [-0.2, -0.15) is 0 Å². The fourth-order valence-corrected chi connectivity index (χ4v) is 2.61.